The molecule has 0 amide bonds. The van der Waals surface area contributed by atoms with Crippen LogP contribution >= 0.6 is 0 Å². The van der Waals surface area contributed by atoms with E-state index in [9.17, 15) is 0 Å². The second kappa shape index (κ2) is 14.3. The van der Waals surface area contributed by atoms with Gasteiger partial charge in [0, 0.05) is 38.5 Å². The Hall–Kier alpha value is -8.14. The maximum absolute atomic E-state index is 6.22. The molecule has 0 unspecified atom stereocenters. The van der Waals surface area contributed by atoms with Gasteiger partial charge in [-0.25, -0.2) is 0 Å². The molecule has 0 saturated heterocycles. The summed E-state index contributed by atoms with van der Waals surface area (Å²) in [6.45, 7) is 0. The van der Waals surface area contributed by atoms with Crippen molar-refractivity contribution in [3.63, 3.8) is 0 Å². The van der Waals surface area contributed by atoms with Gasteiger partial charge in [-0.05, 0) is 116 Å². The molecule has 12 aromatic rings. The summed E-state index contributed by atoms with van der Waals surface area (Å²) in [5.41, 5.74) is 16.0. The van der Waals surface area contributed by atoms with E-state index in [1.807, 2.05) is 24.3 Å². The number of para-hydroxylation sites is 3. The van der Waals surface area contributed by atoms with Crippen LogP contribution in [0.5, 0.6) is 0 Å². The fraction of sp³-hybridized carbons (Fsp3) is 0. The summed E-state index contributed by atoms with van der Waals surface area (Å²) in [7, 11) is 0. The standard InChI is InChI=1S/C58H37NO2/c1-2-14-38(15-3-1)46-25-12-16-39-17-13-26-50(58(39)46)47-22-4-7-27-53(47)59(44-20-10-18-40(34-44)42-30-32-56-51(36-42)48-23-5-8-28-54(48)60-56)45-21-11-19-41(35-45)43-31-33-57-52(37-43)49-24-6-9-29-55(49)61-57/h1-37H. The van der Waals surface area contributed by atoms with Crippen molar-refractivity contribution in [1.82, 2.24) is 0 Å². The van der Waals surface area contributed by atoms with E-state index in [4.69, 9.17) is 8.83 Å². The summed E-state index contributed by atoms with van der Waals surface area (Å²) in [5.74, 6) is 0. The van der Waals surface area contributed by atoms with Gasteiger partial charge in [0.25, 0.3) is 0 Å². The molecule has 0 saturated carbocycles. The number of nitrogens with zero attached hydrogens (tertiary/aromatic N) is 1. The van der Waals surface area contributed by atoms with Crippen molar-refractivity contribution in [2.24, 2.45) is 0 Å². The van der Waals surface area contributed by atoms with E-state index in [0.717, 1.165) is 88.8 Å². The van der Waals surface area contributed by atoms with Crippen LogP contribution in [0.1, 0.15) is 0 Å². The molecule has 0 aliphatic carbocycles. The van der Waals surface area contributed by atoms with E-state index >= 15 is 0 Å². The van der Waals surface area contributed by atoms with E-state index in [2.05, 4.69) is 205 Å². The molecule has 0 aliphatic heterocycles. The Kier molecular flexibility index (Phi) is 8.17. The van der Waals surface area contributed by atoms with Gasteiger partial charge in [-0.15, -0.1) is 0 Å². The third-order valence-electron chi connectivity index (χ3n) is 12.1. The Labute approximate surface area is 353 Å². The van der Waals surface area contributed by atoms with Crippen molar-refractivity contribution in [1.29, 1.82) is 0 Å². The van der Waals surface area contributed by atoms with Crippen LogP contribution in [0, 0.1) is 0 Å². The molecule has 3 nitrogen and oxygen atoms in total. The van der Waals surface area contributed by atoms with E-state index in [1.54, 1.807) is 0 Å². The fourth-order valence-corrected chi connectivity index (χ4v) is 9.21. The number of anilines is 3. The van der Waals surface area contributed by atoms with Gasteiger partial charge in [0.05, 0.1) is 5.69 Å². The van der Waals surface area contributed by atoms with Gasteiger partial charge in [0.15, 0.2) is 0 Å². The highest BCUT2D eigenvalue weighted by molar-refractivity contribution is 6.10. The lowest BCUT2D eigenvalue weighted by atomic mass is 9.90. The monoisotopic (exact) mass is 779 g/mol. The smallest absolute Gasteiger partial charge is 0.135 e. The molecule has 2 heterocycles. The first-order valence-electron chi connectivity index (χ1n) is 20.7. The Morgan fingerprint density at radius 2 is 0.738 bits per heavy atom. The van der Waals surface area contributed by atoms with E-state index < -0.39 is 0 Å². The summed E-state index contributed by atoms with van der Waals surface area (Å²) in [6.07, 6.45) is 0. The van der Waals surface area contributed by atoms with Crippen LogP contribution in [0.2, 0.25) is 0 Å². The van der Waals surface area contributed by atoms with Crippen molar-refractivity contribution >= 4 is 71.7 Å². The van der Waals surface area contributed by atoms with Crippen molar-refractivity contribution in [2.75, 3.05) is 4.90 Å². The molecule has 286 valence electrons. The lowest BCUT2D eigenvalue weighted by Gasteiger charge is -2.29. The summed E-state index contributed by atoms with van der Waals surface area (Å²) < 4.78 is 12.4. The molecule has 10 aromatic carbocycles. The first-order valence-corrected chi connectivity index (χ1v) is 20.7. The van der Waals surface area contributed by atoms with Gasteiger partial charge in [-0.2, -0.15) is 0 Å². The Balaban J connectivity index is 1.06. The predicted molar refractivity (Wildman–Crippen MR) is 255 cm³/mol. The lowest BCUT2D eigenvalue weighted by molar-refractivity contribution is 0.668. The molecule has 2 aromatic heterocycles. The molecule has 0 aliphatic rings. The van der Waals surface area contributed by atoms with Gasteiger partial charge in [0.2, 0.25) is 0 Å². The highest BCUT2D eigenvalue weighted by Crippen LogP contribution is 2.46. The lowest BCUT2D eigenvalue weighted by Crippen LogP contribution is -2.11. The molecule has 0 radical (unpaired) electrons. The highest BCUT2D eigenvalue weighted by atomic mass is 16.3. The minimum Gasteiger partial charge on any atom is -0.456 e. The number of rotatable bonds is 7. The average molecular weight is 780 g/mol. The Morgan fingerprint density at radius 1 is 0.279 bits per heavy atom. The van der Waals surface area contributed by atoms with Crippen LogP contribution in [-0.2, 0) is 0 Å². The van der Waals surface area contributed by atoms with Crippen molar-refractivity contribution < 1.29 is 8.83 Å². The zero-order valence-corrected chi connectivity index (χ0v) is 33.1. The topological polar surface area (TPSA) is 29.5 Å². The normalized spacial score (nSPS) is 11.6. The van der Waals surface area contributed by atoms with Crippen molar-refractivity contribution in [3.05, 3.63) is 224 Å². The van der Waals surface area contributed by atoms with Gasteiger partial charge in [-0.1, -0.05) is 158 Å². The fourth-order valence-electron chi connectivity index (χ4n) is 9.21. The first kappa shape index (κ1) is 34.9. The zero-order chi connectivity index (χ0) is 40.3. The second-order valence-electron chi connectivity index (χ2n) is 15.6. The van der Waals surface area contributed by atoms with Crippen LogP contribution in [-0.4, -0.2) is 0 Å². The molecule has 0 fully saturated rings. The number of fused-ring (bicyclic) bond motifs is 7. The minimum atomic E-state index is 0.889. The van der Waals surface area contributed by atoms with Crippen LogP contribution in [0.4, 0.5) is 17.1 Å². The summed E-state index contributed by atoms with van der Waals surface area (Å²) in [6, 6.07) is 80.2. The largest absolute Gasteiger partial charge is 0.456 e. The molecule has 3 heteroatoms. The third-order valence-corrected chi connectivity index (χ3v) is 12.1. The average Bonchev–Trinajstić information content (AvgIpc) is 3.90. The van der Waals surface area contributed by atoms with Crippen LogP contribution in [0.25, 0.3) is 99.2 Å². The predicted octanol–water partition coefficient (Wildman–Crippen LogP) is 16.8. The highest BCUT2D eigenvalue weighted by Gasteiger charge is 2.21. The van der Waals surface area contributed by atoms with E-state index in [-0.39, 0.29) is 0 Å². The number of hydrogen-bond donors (Lipinski definition) is 0. The quantitative estimate of drug-likeness (QED) is 0.161. The van der Waals surface area contributed by atoms with Gasteiger partial charge >= 0.3 is 0 Å². The molecule has 0 spiro atoms. The summed E-state index contributed by atoms with van der Waals surface area (Å²) in [4.78, 5) is 2.42. The Morgan fingerprint density at radius 3 is 1.36 bits per heavy atom. The SMILES string of the molecule is c1ccc(-c2cccc3cccc(-c4ccccc4N(c4cccc(-c5ccc6oc7ccccc7c6c5)c4)c4cccc(-c5ccc6oc7ccccc7c6c5)c4)c23)cc1. The van der Waals surface area contributed by atoms with Crippen LogP contribution in [0.3, 0.4) is 0 Å². The molecule has 0 N–H and O–H groups in total. The van der Waals surface area contributed by atoms with E-state index in [0.29, 0.717) is 0 Å². The minimum absolute atomic E-state index is 0.889. The third kappa shape index (κ3) is 5.98. The molecular weight excluding hydrogens is 743 g/mol. The molecule has 0 bridgehead atoms. The molecular formula is C58H37NO2. The summed E-state index contributed by atoms with van der Waals surface area (Å²) >= 11 is 0. The van der Waals surface area contributed by atoms with Gasteiger partial charge < -0.3 is 13.7 Å². The maximum atomic E-state index is 6.22. The maximum Gasteiger partial charge on any atom is 0.135 e. The number of hydrogen-bond acceptors (Lipinski definition) is 3. The molecule has 61 heavy (non-hydrogen) atoms. The van der Waals surface area contributed by atoms with E-state index in [1.165, 1.54) is 27.5 Å². The first-order chi connectivity index (χ1) is 30.2. The van der Waals surface area contributed by atoms with Crippen molar-refractivity contribution in [2.45, 2.75) is 0 Å². The summed E-state index contributed by atoms with van der Waals surface area (Å²) in [5, 5.41) is 6.90. The number of benzene rings is 10. The van der Waals surface area contributed by atoms with Crippen LogP contribution < -0.4 is 4.90 Å². The molecule has 0 atom stereocenters. The van der Waals surface area contributed by atoms with Crippen LogP contribution in [0.15, 0.2) is 233 Å². The van der Waals surface area contributed by atoms with Gasteiger partial charge in [0.1, 0.15) is 22.3 Å². The number of furan rings is 2. The zero-order valence-electron chi connectivity index (χ0n) is 33.1. The van der Waals surface area contributed by atoms with Gasteiger partial charge in [-0.3, -0.25) is 0 Å². The van der Waals surface area contributed by atoms with Crippen molar-refractivity contribution in [3.8, 4) is 44.5 Å². The Bertz CT molecular complexity index is 3450. The molecule has 12 rings (SSSR count). The second-order valence-corrected chi connectivity index (χ2v) is 15.6.